The maximum Gasteiger partial charge on any atom is 0.119 e. The zero-order chi connectivity index (χ0) is 20.6. The first-order valence-electron chi connectivity index (χ1n) is 12.4. The van der Waals surface area contributed by atoms with E-state index in [0.717, 1.165) is 18.3 Å². The first-order valence-corrected chi connectivity index (χ1v) is 12.4. The van der Waals surface area contributed by atoms with Crippen LogP contribution in [0.5, 0.6) is 5.75 Å². The van der Waals surface area contributed by atoms with Gasteiger partial charge in [-0.25, -0.2) is 0 Å². The lowest BCUT2D eigenvalue weighted by atomic mass is 9.89. The summed E-state index contributed by atoms with van der Waals surface area (Å²) in [4.78, 5) is 0. The molecule has 0 heterocycles. The zero-order valence-electron chi connectivity index (χ0n) is 19.1. The van der Waals surface area contributed by atoms with Crippen molar-refractivity contribution in [3.05, 3.63) is 48.1 Å². The summed E-state index contributed by atoms with van der Waals surface area (Å²) in [5.41, 5.74) is 2.68. The van der Waals surface area contributed by atoms with Crippen molar-refractivity contribution in [2.75, 3.05) is 6.61 Å². The molecule has 0 bridgehead atoms. The van der Waals surface area contributed by atoms with E-state index >= 15 is 0 Å². The van der Waals surface area contributed by atoms with Crippen LogP contribution in [0.1, 0.15) is 109 Å². The lowest BCUT2D eigenvalue weighted by Crippen LogP contribution is -2.00. The van der Waals surface area contributed by atoms with Gasteiger partial charge in [-0.3, -0.25) is 0 Å². The molecule has 0 saturated heterocycles. The first-order chi connectivity index (χ1) is 14.3. The molecule has 2 rings (SSSR count). The maximum atomic E-state index is 5.94. The Balaban J connectivity index is 1.60. The Bertz CT molecular complexity index is 581. The highest BCUT2D eigenvalue weighted by molar-refractivity contribution is 5.75. The molecule has 29 heavy (non-hydrogen) atoms. The minimum Gasteiger partial charge on any atom is -0.494 e. The third-order valence-electron chi connectivity index (χ3n) is 6.07. The molecule has 1 aromatic rings. The summed E-state index contributed by atoms with van der Waals surface area (Å²) in [6.07, 6.45) is 25.9. The predicted molar refractivity (Wildman–Crippen MR) is 129 cm³/mol. The molecule has 1 unspecified atom stereocenters. The van der Waals surface area contributed by atoms with E-state index in [4.69, 9.17) is 4.74 Å². The SMILES string of the molecule is CCCCCCCCCCOc1ccc(C2=CCC(CCCCCC)C=C2)cc1. The highest BCUT2D eigenvalue weighted by atomic mass is 16.5. The van der Waals surface area contributed by atoms with Crippen molar-refractivity contribution < 1.29 is 4.74 Å². The van der Waals surface area contributed by atoms with Gasteiger partial charge in [-0.2, -0.15) is 0 Å². The quantitative estimate of drug-likeness (QED) is 0.253. The molecule has 1 heteroatoms. The first kappa shape index (κ1) is 23.8. The summed E-state index contributed by atoms with van der Waals surface area (Å²) in [6.45, 7) is 5.40. The summed E-state index contributed by atoms with van der Waals surface area (Å²) in [5, 5.41) is 0. The number of allylic oxidation sites excluding steroid dienone is 4. The normalized spacial score (nSPS) is 16.1. The van der Waals surface area contributed by atoms with E-state index in [-0.39, 0.29) is 0 Å². The third kappa shape index (κ3) is 10.2. The number of hydrogen-bond acceptors (Lipinski definition) is 1. The Hall–Kier alpha value is -1.50. The fourth-order valence-electron chi connectivity index (χ4n) is 4.10. The van der Waals surface area contributed by atoms with Gasteiger partial charge in [0.2, 0.25) is 0 Å². The molecule has 1 atom stereocenters. The van der Waals surface area contributed by atoms with E-state index in [1.807, 2.05) is 0 Å². The lowest BCUT2D eigenvalue weighted by Gasteiger charge is -2.16. The molecule has 1 aliphatic rings. The number of benzene rings is 1. The Morgan fingerprint density at radius 1 is 0.759 bits per heavy atom. The second kappa shape index (κ2) is 15.4. The molecule has 0 radical (unpaired) electrons. The minimum atomic E-state index is 0.741. The molecule has 1 aliphatic carbocycles. The largest absolute Gasteiger partial charge is 0.494 e. The van der Waals surface area contributed by atoms with Gasteiger partial charge in [0.1, 0.15) is 5.75 Å². The topological polar surface area (TPSA) is 9.23 Å². The molecule has 0 aromatic heterocycles. The Labute approximate surface area is 180 Å². The van der Waals surface area contributed by atoms with Gasteiger partial charge in [-0.1, -0.05) is 115 Å². The van der Waals surface area contributed by atoms with Crippen LogP contribution in [0.25, 0.3) is 5.57 Å². The molecular formula is C28H44O. The highest BCUT2D eigenvalue weighted by Crippen LogP contribution is 2.28. The number of rotatable bonds is 16. The second-order valence-corrected chi connectivity index (χ2v) is 8.71. The standard InChI is InChI=1S/C28H44O/c1-3-5-7-9-10-11-12-14-24-29-28-22-20-27(21-23-28)26-18-16-25(17-19-26)15-13-8-6-4-2/h16,18-23,25H,3-15,17,24H2,1-2H3. The monoisotopic (exact) mass is 396 g/mol. The summed E-state index contributed by atoms with van der Waals surface area (Å²) in [6, 6.07) is 8.68. The molecule has 1 aromatic carbocycles. The molecular weight excluding hydrogens is 352 g/mol. The summed E-state index contributed by atoms with van der Waals surface area (Å²) < 4.78 is 5.94. The van der Waals surface area contributed by atoms with Crippen LogP contribution in [-0.4, -0.2) is 6.61 Å². The van der Waals surface area contributed by atoms with E-state index in [1.54, 1.807) is 0 Å². The predicted octanol–water partition coefficient (Wildman–Crippen LogP) is 9.14. The van der Waals surface area contributed by atoms with Crippen LogP contribution >= 0.6 is 0 Å². The number of hydrogen-bond donors (Lipinski definition) is 0. The molecule has 0 N–H and O–H groups in total. The number of ether oxygens (including phenoxy) is 1. The molecule has 1 nitrogen and oxygen atoms in total. The van der Waals surface area contributed by atoms with E-state index < -0.39 is 0 Å². The second-order valence-electron chi connectivity index (χ2n) is 8.71. The fraction of sp³-hybridized carbons (Fsp3) is 0.643. The van der Waals surface area contributed by atoms with Crippen LogP contribution in [0, 0.1) is 5.92 Å². The highest BCUT2D eigenvalue weighted by Gasteiger charge is 2.10. The van der Waals surface area contributed by atoms with Crippen molar-refractivity contribution in [1.82, 2.24) is 0 Å². The van der Waals surface area contributed by atoms with E-state index in [0.29, 0.717) is 0 Å². The van der Waals surface area contributed by atoms with Crippen LogP contribution < -0.4 is 4.74 Å². The van der Waals surface area contributed by atoms with Crippen molar-refractivity contribution in [3.8, 4) is 5.75 Å². The van der Waals surface area contributed by atoms with Gasteiger partial charge in [0.25, 0.3) is 0 Å². The van der Waals surface area contributed by atoms with E-state index in [9.17, 15) is 0 Å². The summed E-state index contributed by atoms with van der Waals surface area (Å²) >= 11 is 0. The number of unbranched alkanes of at least 4 members (excludes halogenated alkanes) is 10. The molecule has 0 aliphatic heterocycles. The van der Waals surface area contributed by atoms with Crippen LogP contribution in [0.15, 0.2) is 42.5 Å². The van der Waals surface area contributed by atoms with Crippen molar-refractivity contribution in [1.29, 1.82) is 0 Å². The maximum absolute atomic E-state index is 5.94. The van der Waals surface area contributed by atoms with E-state index in [1.165, 1.54) is 101 Å². The van der Waals surface area contributed by atoms with Gasteiger partial charge < -0.3 is 4.74 Å². The van der Waals surface area contributed by atoms with E-state index in [2.05, 4.69) is 56.3 Å². The van der Waals surface area contributed by atoms with Gasteiger partial charge in [-0.15, -0.1) is 0 Å². The average molecular weight is 397 g/mol. The van der Waals surface area contributed by atoms with Crippen molar-refractivity contribution >= 4 is 5.57 Å². The fourth-order valence-corrected chi connectivity index (χ4v) is 4.10. The van der Waals surface area contributed by atoms with Crippen molar-refractivity contribution in [3.63, 3.8) is 0 Å². The zero-order valence-corrected chi connectivity index (χ0v) is 19.1. The molecule has 0 saturated carbocycles. The lowest BCUT2D eigenvalue weighted by molar-refractivity contribution is 0.304. The Morgan fingerprint density at radius 2 is 1.38 bits per heavy atom. The molecule has 0 amide bonds. The summed E-state index contributed by atoms with van der Waals surface area (Å²) in [7, 11) is 0. The van der Waals surface area contributed by atoms with Crippen LogP contribution in [0.2, 0.25) is 0 Å². The Kier molecular flexibility index (Phi) is 12.6. The van der Waals surface area contributed by atoms with Gasteiger partial charge in [0.15, 0.2) is 0 Å². The van der Waals surface area contributed by atoms with Gasteiger partial charge >= 0.3 is 0 Å². The van der Waals surface area contributed by atoms with Crippen LogP contribution in [-0.2, 0) is 0 Å². The molecule has 0 fully saturated rings. The molecule has 0 spiro atoms. The van der Waals surface area contributed by atoms with Crippen molar-refractivity contribution in [2.24, 2.45) is 5.92 Å². The third-order valence-corrected chi connectivity index (χ3v) is 6.07. The summed E-state index contributed by atoms with van der Waals surface area (Å²) in [5.74, 6) is 1.75. The van der Waals surface area contributed by atoms with Crippen molar-refractivity contribution in [2.45, 2.75) is 104 Å². The van der Waals surface area contributed by atoms with Gasteiger partial charge in [-0.05, 0) is 48.4 Å². The minimum absolute atomic E-state index is 0.741. The smallest absolute Gasteiger partial charge is 0.119 e. The Morgan fingerprint density at radius 3 is 2.00 bits per heavy atom. The molecule has 162 valence electrons. The van der Waals surface area contributed by atoms with Gasteiger partial charge in [0.05, 0.1) is 6.61 Å². The average Bonchev–Trinajstić information content (AvgIpc) is 2.76. The van der Waals surface area contributed by atoms with Crippen LogP contribution in [0.3, 0.4) is 0 Å². The van der Waals surface area contributed by atoms with Gasteiger partial charge in [0, 0.05) is 0 Å². The van der Waals surface area contributed by atoms with Crippen LogP contribution in [0.4, 0.5) is 0 Å².